The van der Waals surface area contributed by atoms with Crippen molar-refractivity contribution in [3.05, 3.63) is 29.8 Å². The monoisotopic (exact) mass is 227 g/mol. The molecule has 0 atom stereocenters. The molecule has 1 aromatic carbocycles. The fourth-order valence-electron chi connectivity index (χ4n) is 1.44. The highest BCUT2D eigenvalue weighted by molar-refractivity contribution is 5.24. The zero-order chi connectivity index (χ0) is 11.4. The van der Waals surface area contributed by atoms with Crippen molar-refractivity contribution in [3.63, 3.8) is 0 Å². The molecule has 2 nitrogen and oxygen atoms in total. The summed E-state index contributed by atoms with van der Waals surface area (Å²) in [6.07, 6.45) is 3.30. The Kier molecular flexibility index (Phi) is 3.72. The molecule has 0 spiro atoms. The first-order valence-electron chi connectivity index (χ1n) is 5.57. The third-order valence-corrected chi connectivity index (χ3v) is 2.48. The Hall–Kier alpha value is -1.16. The number of hydrogen-bond donors (Lipinski definition) is 1. The molecule has 0 amide bonds. The third-order valence-electron chi connectivity index (χ3n) is 2.48. The van der Waals surface area contributed by atoms with Crippen LogP contribution in [0.3, 0.4) is 0 Å². The van der Waals surface area contributed by atoms with E-state index >= 15 is 0 Å². The number of ether oxygens (including phenoxy) is 1. The van der Waals surface area contributed by atoms with Gasteiger partial charge in [0.05, 0.1) is 6.61 Å². The number of benzene rings is 1. The van der Waals surface area contributed by atoms with Gasteiger partial charge in [0, 0.05) is 12.1 Å². The second-order valence-electron chi connectivity index (χ2n) is 4.01. The molecular formula is C12H15F2NO. The zero-order valence-electron chi connectivity index (χ0n) is 9.01. The summed E-state index contributed by atoms with van der Waals surface area (Å²) in [5.41, 5.74) is 0. The van der Waals surface area contributed by atoms with Crippen LogP contribution in [-0.2, 0) is 0 Å². The Balaban J connectivity index is 1.69. The average molecular weight is 227 g/mol. The van der Waals surface area contributed by atoms with E-state index < -0.39 is 11.6 Å². The van der Waals surface area contributed by atoms with Gasteiger partial charge in [-0.05, 0) is 37.9 Å². The minimum absolute atomic E-state index is 0.00794. The van der Waals surface area contributed by atoms with E-state index in [0.717, 1.165) is 31.2 Å². The van der Waals surface area contributed by atoms with Crippen LogP contribution in [0.1, 0.15) is 19.3 Å². The Morgan fingerprint density at radius 3 is 2.88 bits per heavy atom. The van der Waals surface area contributed by atoms with E-state index in [-0.39, 0.29) is 5.75 Å². The molecule has 1 fully saturated rings. The molecule has 16 heavy (non-hydrogen) atoms. The van der Waals surface area contributed by atoms with Gasteiger partial charge in [-0.2, -0.15) is 0 Å². The highest BCUT2D eigenvalue weighted by Crippen LogP contribution is 2.19. The van der Waals surface area contributed by atoms with Crippen LogP contribution in [-0.4, -0.2) is 19.2 Å². The summed E-state index contributed by atoms with van der Waals surface area (Å²) in [7, 11) is 0. The minimum Gasteiger partial charge on any atom is -0.490 e. The van der Waals surface area contributed by atoms with Crippen molar-refractivity contribution in [1.29, 1.82) is 0 Å². The molecule has 0 heterocycles. The maximum Gasteiger partial charge on any atom is 0.165 e. The van der Waals surface area contributed by atoms with E-state index in [2.05, 4.69) is 5.32 Å². The van der Waals surface area contributed by atoms with Crippen LogP contribution < -0.4 is 10.1 Å². The van der Waals surface area contributed by atoms with E-state index in [1.54, 1.807) is 0 Å². The van der Waals surface area contributed by atoms with Gasteiger partial charge in [0.25, 0.3) is 0 Å². The summed E-state index contributed by atoms with van der Waals surface area (Å²) in [6.45, 7) is 1.27. The molecule has 0 aliphatic heterocycles. The first-order valence-corrected chi connectivity index (χ1v) is 5.57. The lowest BCUT2D eigenvalue weighted by Crippen LogP contribution is -2.19. The maximum absolute atomic E-state index is 13.1. The van der Waals surface area contributed by atoms with Crippen LogP contribution in [0.2, 0.25) is 0 Å². The Morgan fingerprint density at radius 2 is 2.12 bits per heavy atom. The lowest BCUT2D eigenvalue weighted by molar-refractivity contribution is 0.291. The first-order chi connectivity index (χ1) is 7.75. The SMILES string of the molecule is Fc1ccc(F)c(OCCCNC2CC2)c1. The van der Waals surface area contributed by atoms with Crippen molar-refractivity contribution in [2.24, 2.45) is 0 Å². The second kappa shape index (κ2) is 5.25. The Bertz CT molecular complexity index is 353. The summed E-state index contributed by atoms with van der Waals surface area (Å²) in [4.78, 5) is 0. The van der Waals surface area contributed by atoms with Gasteiger partial charge in [-0.15, -0.1) is 0 Å². The van der Waals surface area contributed by atoms with E-state index in [0.29, 0.717) is 12.6 Å². The molecule has 0 unspecified atom stereocenters. The highest BCUT2D eigenvalue weighted by atomic mass is 19.1. The van der Waals surface area contributed by atoms with Crippen LogP contribution >= 0.6 is 0 Å². The number of halogens is 2. The van der Waals surface area contributed by atoms with Crippen molar-refractivity contribution >= 4 is 0 Å². The highest BCUT2D eigenvalue weighted by Gasteiger charge is 2.19. The maximum atomic E-state index is 13.1. The van der Waals surface area contributed by atoms with Crippen molar-refractivity contribution in [2.45, 2.75) is 25.3 Å². The van der Waals surface area contributed by atoms with Gasteiger partial charge in [-0.25, -0.2) is 8.78 Å². The molecule has 0 aromatic heterocycles. The lowest BCUT2D eigenvalue weighted by atomic mass is 10.3. The second-order valence-corrected chi connectivity index (χ2v) is 4.01. The van der Waals surface area contributed by atoms with Crippen LogP contribution in [0.5, 0.6) is 5.75 Å². The predicted molar refractivity (Wildman–Crippen MR) is 57.5 cm³/mol. The Morgan fingerprint density at radius 1 is 1.31 bits per heavy atom. The Labute approximate surface area is 93.6 Å². The molecule has 0 radical (unpaired) electrons. The van der Waals surface area contributed by atoms with Gasteiger partial charge in [0.2, 0.25) is 0 Å². The van der Waals surface area contributed by atoms with E-state index in [4.69, 9.17) is 4.74 Å². The minimum atomic E-state index is -0.517. The average Bonchev–Trinajstić information content (AvgIpc) is 3.06. The standard InChI is InChI=1S/C12H15F2NO/c13-9-2-5-11(14)12(8-9)16-7-1-6-15-10-3-4-10/h2,5,8,10,15H,1,3-4,6-7H2. The molecule has 4 heteroatoms. The van der Waals surface area contributed by atoms with Gasteiger partial charge >= 0.3 is 0 Å². The van der Waals surface area contributed by atoms with E-state index in [9.17, 15) is 8.78 Å². The van der Waals surface area contributed by atoms with Crippen molar-refractivity contribution in [1.82, 2.24) is 5.32 Å². The summed E-state index contributed by atoms with van der Waals surface area (Å²) >= 11 is 0. The summed E-state index contributed by atoms with van der Waals surface area (Å²) in [5.74, 6) is -1.00. The summed E-state index contributed by atoms with van der Waals surface area (Å²) in [5, 5.41) is 3.32. The van der Waals surface area contributed by atoms with Crippen molar-refractivity contribution < 1.29 is 13.5 Å². The van der Waals surface area contributed by atoms with Crippen LogP contribution in [0.25, 0.3) is 0 Å². The fourth-order valence-corrected chi connectivity index (χ4v) is 1.44. The quantitative estimate of drug-likeness (QED) is 0.754. The molecule has 0 bridgehead atoms. The van der Waals surface area contributed by atoms with Crippen molar-refractivity contribution in [3.8, 4) is 5.75 Å². The van der Waals surface area contributed by atoms with Gasteiger partial charge in [-0.1, -0.05) is 0 Å². The molecular weight excluding hydrogens is 212 g/mol. The molecule has 1 aliphatic carbocycles. The molecule has 1 aliphatic rings. The van der Waals surface area contributed by atoms with E-state index in [1.807, 2.05) is 0 Å². The molecule has 0 saturated heterocycles. The zero-order valence-corrected chi connectivity index (χ0v) is 9.01. The lowest BCUT2D eigenvalue weighted by Gasteiger charge is -2.07. The van der Waals surface area contributed by atoms with Gasteiger partial charge < -0.3 is 10.1 Å². The summed E-state index contributed by atoms with van der Waals surface area (Å²) < 4.78 is 31.1. The summed E-state index contributed by atoms with van der Waals surface area (Å²) in [6, 6.07) is 3.90. The van der Waals surface area contributed by atoms with Crippen molar-refractivity contribution in [2.75, 3.05) is 13.2 Å². The smallest absolute Gasteiger partial charge is 0.165 e. The van der Waals surface area contributed by atoms with Crippen LogP contribution in [0.4, 0.5) is 8.78 Å². The van der Waals surface area contributed by atoms with Gasteiger partial charge in [0.15, 0.2) is 11.6 Å². The van der Waals surface area contributed by atoms with E-state index in [1.165, 1.54) is 12.8 Å². The molecule has 88 valence electrons. The van der Waals surface area contributed by atoms with Gasteiger partial charge in [-0.3, -0.25) is 0 Å². The molecule has 1 saturated carbocycles. The first kappa shape index (κ1) is 11.3. The fraction of sp³-hybridized carbons (Fsp3) is 0.500. The topological polar surface area (TPSA) is 21.3 Å². The molecule has 1 aromatic rings. The third kappa shape index (κ3) is 3.45. The number of rotatable bonds is 6. The number of nitrogens with one attached hydrogen (secondary N) is 1. The largest absolute Gasteiger partial charge is 0.490 e. The normalized spacial score (nSPS) is 15.1. The van der Waals surface area contributed by atoms with Crippen LogP contribution in [0, 0.1) is 11.6 Å². The van der Waals surface area contributed by atoms with Gasteiger partial charge in [0.1, 0.15) is 5.82 Å². The molecule has 2 rings (SSSR count). The van der Waals surface area contributed by atoms with Crippen LogP contribution in [0.15, 0.2) is 18.2 Å². The number of hydrogen-bond acceptors (Lipinski definition) is 2. The molecule has 1 N–H and O–H groups in total. The predicted octanol–water partition coefficient (Wildman–Crippen LogP) is 2.49.